The smallest absolute Gasteiger partial charge is 0.259 e. The van der Waals surface area contributed by atoms with E-state index in [0.29, 0.717) is 0 Å². The number of anilines is 2. The zero-order valence-electron chi connectivity index (χ0n) is 15.4. The maximum Gasteiger partial charge on any atom is 0.259 e. The highest BCUT2D eigenvalue weighted by Gasteiger charge is 2.17. The Labute approximate surface area is 180 Å². The zero-order chi connectivity index (χ0) is 21.8. The molecular weight excluding hydrogens is 437 g/mol. The topological polar surface area (TPSA) is 67.4 Å². The van der Waals surface area contributed by atoms with E-state index in [1.807, 2.05) is 0 Å². The van der Waals surface area contributed by atoms with Crippen LogP contribution in [0.3, 0.4) is 0 Å². The van der Waals surface area contributed by atoms with Gasteiger partial charge in [-0.05, 0) is 54.6 Å². The molecule has 0 fully saturated rings. The number of benzene rings is 3. The first kappa shape index (κ1) is 21.5. The minimum absolute atomic E-state index is 0.0304. The first-order valence-electron chi connectivity index (χ1n) is 8.48. The molecule has 0 bridgehead atoms. The predicted molar refractivity (Wildman–Crippen MR) is 112 cm³/mol. The molecule has 0 aliphatic rings. The van der Waals surface area contributed by atoms with Crippen LogP contribution >= 0.6 is 23.2 Å². The van der Waals surface area contributed by atoms with Crippen LogP contribution in [0.15, 0.2) is 54.6 Å². The van der Waals surface area contributed by atoms with E-state index in [1.165, 1.54) is 37.4 Å². The monoisotopic (exact) mass is 450 g/mol. The third-order valence-corrected chi connectivity index (χ3v) is 4.38. The average Bonchev–Trinajstić information content (AvgIpc) is 2.65. The second-order valence-corrected chi connectivity index (χ2v) is 7.01. The molecule has 0 heterocycles. The first-order valence-corrected chi connectivity index (χ1v) is 9.23. The summed E-state index contributed by atoms with van der Waals surface area (Å²) in [5, 5.41) is 5.24. The zero-order valence-corrected chi connectivity index (χ0v) is 16.9. The lowest BCUT2D eigenvalue weighted by molar-refractivity contribution is 0.102. The van der Waals surface area contributed by atoms with Gasteiger partial charge < -0.3 is 15.4 Å². The first-order chi connectivity index (χ1) is 14.2. The number of methoxy groups -OCH3 is 1. The van der Waals surface area contributed by atoms with Gasteiger partial charge in [0, 0.05) is 27.0 Å². The van der Waals surface area contributed by atoms with E-state index < -0.39 is 23.4 Å². The maximum atomic E-state index is 13.5. The molecule has 5 nitrogen and oxygen atoms in total. The van der Waals surface area contributed by atoms with Crippen molar-refractivity contribution in [3.8, 4) is 5.75 Å². The summed E-state index contributed by atoms with van der Waals surface area (Å²) in [5.74, 6) is -2.27. The summed E-state index contributed by atoms with van der Waals surface area (Å²) in [7, 11) is 1.36. The molecule has 0 saturated carbocycles. The van der Waals surface area contributed by atoms with E-state index in [-0.39, 0.29) is 38.3 Å². The fraction of sp³-hybridized carbons (Fsp3) is 0.0476. The van der Waals surface area contributed by atoms with Crippen LogP contribution in [0.2, 0.25) is 10.0 Å². The van der Waals surface area contributed by atoms with Crippen molar-refractivity contribution in [2.24, 2.45) is 0 Å². The van der Waals surface area contributed by atoms with Crippen LogP contribution in [-0.2, 0) is 0 Å². The van der Waals surface area contributed by atoms with Gasteiger partial charge in [0.05, 0.1) is 12.7 Å². The van der Waals surface area contributed by atoms with Crippen molar-refractivity contribution in [1.82, 2.24) is 0 Å². The van der Waals surface area contributed by atoms with Crippen LogP contribution in [0, 0.1) is 11.6 Å². The lowest BCUT2D eigenvalue weighted by Crippen LogP contribution is -2.17. The number of ether oxygens (including phenoxy) is 1. The number of carbonyl (C=O) groups is 2. The van der Waals surface area contributed by atoms with Crippen LogP contribution in [0.5, 0.6) is 5.75 Å². The Morgan fingerprint density at radius 1 is 0.800 bits per heavy atom. The van der Waals surface area contributed by atoms with E-state index in [2.05, 4.69) is 10.6 Å². The molecule has 0 atom stereocenters. The lowest BCUT2D eigenvalue weighted by Gasteiger charge is -2.12. The van der Waals surface area contributed by atoms with E-state index >= 15 is 0 Å². The number of rotatable bonds is 5. The van der Waals surface area contributed by atoms with Gasteiger partial charge in [0.15, 0.2) is 0 Å². The van der Waals surface area contributed by atoms with Crippen molar-refractivity contribution < 1.29 is 23.1 Å². The number of nitrogens with one attached hydrogen (secondary N) is 2. The predicted octanol–water partition coefficient (Wildman–Crippen LogP) is 5.78. The van der Waals surface area contributed by atoms with Crippen molar-refractivity contribution in [2.75, 3.05) is 17.7 Å². The van der Waals surface area contributed by atoms with Crippen LogP contribution in [-0.4, -0.2) is 18.9 Å². The summed E-state index contributed by atoms with van der Waals surface area (Å²) < 4.78 is 32.2. The number of amides is 2. The van der Waals surface area contributed by atoms with Gasteiger partial charge in [0.25, 0.3) is 11.8 Å². The molecule has 0 radical (unpaired) electrons. The molecule has 0 aromatic heterocycles. The molecule has 3 aromatic rings. The Balaban J connectivity index is 1.87. The minimum atomic E-state index is -0.642. The highest BCUT2D eigenvalue weighted by Crippen LogP contribution is 2.24. The summed E-state index contributed by atoms with van der Waals surface area (Å²) in [6.07, 6.45) is 0. The molecule has 0 spiro atoms. The van der Waals surface area contributed by atoms with E-state index in [4.69, 9.17) is 27.9 Å². The number of carbonyl (C=O) groups excluding carboxylic acids is 2. The van der Waals surface area contributed by atoms with E-state index in [0.717, 1.165) is 24.3 Å². The molecule has 3 rings (SSSR count). The maximum absolute atomic E-state index is 13.5. The Morgan fingerprint density at radius 2 is 1.33 bits per heavy atom. The minimum Gasteiger partial charge on any atom is -0.496 e. The summed E-state index contributed by atoms with van der Waals surface area (Å²) in [6.45, 7) is 0. The van der Waals surface area contributed by atoms with Gasteiger partial charge in [-0.3, -0.25) is 9.59 Å². The highest BCUT2D eigenvalue weighted by atomic mass is 35.5. The lowest BCUT2D eigenvalue weighted by atomic mass is 10.1. The van der Waals surface area contributed by atoms with Crippen LogP contribution in [0.4, 0.5) is 20.2 Å². The second kappa shape index (κ2) is 9.11. The molecule has 0 aliphatic heterocycles. The van der Waals surface area contributed by atoms with Crippen molar-refractivity contribution >= 4 is 46.4 Å². The SMILES string of the molecule is COc1ccc(C(=O)Nc2cc(F)cc(Cl)c2)cc1C(=O)Nc1cc(F)cc(Cl)c1. The molecule has 0 saturated heterocycles. The largest absolute Gasteiger partial charge is 0.496 e. The molecule has 154 valence electrons. The van der Waals surface area contributed by atoms with Crippen molar-refractivity contribution in [2.45, 2.75) is 0 Å². The molecule has 2 N–H and O–H groups in total. The Bertz CT molecular complexity index is 1100. The van der Waals surface area contributed by atoms with Gasteiger partial charge in [-0.2, -0.15) is 0 Å². The molecular formula is C21H14Cl2F2N2O3. The normalized spacial score (nSPS) is 10.4. The third-order valence-electron chi connectivity index (χ3n) is 3.95. The highest BCUT2D eigenvalue weighted by molar-refractivity contribution is 6.31. The van der Waals surface area contributed by atoms with E-state index in [9.17, 15) is 18.4 Å². The van der Waals surface area contributed by atoms with Crippen LogP contribution in [0.25, 0.3) is 0 Å². The van der Waals surface area contributed by atoms with Gasteiger partial charge in [-0.15, -0.1) is 0 Å². The standard InChI is InChI=1S/C21H14Cl2F2N2O3/c1-30-19-3-2-11(20(28)26-16-7-12(22)5-14(24)9-16)4-18(19)21(29)27-17-8-13(23)6-15(25)10-17/h2-10H,1H3,(H,26,28)(H,27,29). The van der Waals surface area contributed by atoms with Crippen molar-refractivity contribution in [1.29, 1.82) is 0 Å². The third kappa shape index (κ3) is 5.25. The number of halogens is 4. The quantitative estimate of drug-likeness (QED) is 0.517. The molecule has 30 heavy (non-hydrogen) atoms. The van der Waals surface area contributed by atoms with E-state index in [1.54, 1.807) is 0 Å². The molecule has 2 amide bonds. The summed E-state index contributed by atoms with van der Waals surface area (Å²) in [4.78, 5) is 25.2. The van der Waals surface area contributed by atoms with Crippen LogP contribution in [0.1, 0.15) is 20.7 Å². The van der Waals surface area contributed by atoms with Gasteiger partial charge in [-0.1, -0.05) is 23.2 Å². The Hall–Kier alpha value is -3.16. The number of hydrogen-bond acceptors (Lipinski definition) is 3. The second-order valence-electron chi connectivity index (χ2n) is 6.14. The fourth-order valence-electron chi connectivity index (χ4n) is 2.68. The summed E-state index contributed by atoms with van der Waals surface area (Å²) in [5.41, 5.74) is 0.430. The molecule has 0 aliphatic carbocycles. The molecule has 3 aromatic carbocycles. The molecule has 9 heteroatoms. The average molecular weight is 451 g/mol. The Morgan fingerprint density at radius 3 is 1.83 bits per heavy atom. The van der Waals surface area contributed by atoms with Gasteiger partial charge in [-0.25, -0.2) is 8.78 Å². The molecule has 0 unspecified atom stereocenters. The van der Waals surface area contributed by atoms with Crippen LogP contribution < -0.4 is 15.4 Å². The van der Waals surface area contributed by atoms with Gasteiger partial charge in [0.2, 0.25) is 0 Å². The summed E-state index contributed by atoms with van der Waals surface area (Å²) >= 11 is 11.6. The summed E-state index contributed by atoms with van der Waals surface area (Å²) in [6, 6.07) is 11.3. The fourth-order valence-corrected chi connectivity index (χ4v) is 3.12. The number of hydrogen-bond donors (Lipinski definition) is 2. The van der Waals surface area contributed by atoms with Gasteiger partial charge >= 0.3 is 0 Å². The van der Waals surface area contributed by atoms with Crippen molar-refractivity contribution in [3.05, 3.63) is 87.4 Å². The van der Waals surface area contributed by atoms with Gasteiger partial charge in [0.1, 0.15) is 17.4 Å². The van der Waals surface area contributed by atoms with Crippen molar-refractivity contribution in [3.63, 3.8) is 0 Å². The Kier molecular flexibility index (Phi) is 6.54.